The van der Waals surface area contributed by atoms with Gasteiger partial charge in [-0.25, -0.2) is 0 Å². The van der Waals surface area contributed by atoms with Crippen LogP contribution in [0.15, 0.2) is 0 Å². The maximum absolute atomic E-state index is 3.93. The zero-order valence-electron chi connectivity index (χ0n) is 11.0. The van der Waals surface area contributed by atoms with Crippen LogP contribution in [0.3, 0.4) is 0 Å². The molecule has 0 radical (unpaired) electrons. The molecule has 0 amide bonds. The standard InChI is InChI=1S/C6H13N2.C4H9N3.2BrH.Pt/c1-8-4-2-6(7)3-5-8;1-6-3-5-7(2)4-6;;;/h6-7H,2-5H2,1H3;5H,4H2,1-2H3;2*1H;/q-1;;;;+3/p-2. The predicted molar refractivity (Wildman–Crippen MR) is 80.0 cm³/mol. The molecule has 0 aromatic carbocycles. The Morgan fingerprint density at radius 2 is 1.83 bits per heavy atom. The van der Waals surface area contributed by atoms with E-state index in [0.717, 1.165) is 6.67 Å². The molecule has 0 aromatic rings. The van der Waals surface area contributed by atoms with Crippen molar-refractivity contribution >= 4 is 30.7 Å². The molecule has 111 valence electrons. The molecule has 2 rings (SSSR count). The zero-order chi connectivity index (χ0) is 13.3. The Kier molecular flexibility index (Phi) is 5.58. The molecule has 2 aliphatic heterocycles. The second-order valence-electron chi connectivity index (χ2n) is 4.94. The maximum atomic E-state index is 3.93. The van der Waals surface area contributed by atoms with Crippen molar-refractivity contribution < 1.29 is 11.7 Å². The fraction of sp³-hybridized carbons (Fsp3) is 0.900. The van der Waals surface area contributed by atoms with Gasteiger partial charge in [0.25, 0.3) is 0 Å². The van der Waals surface area contributed by atoms with Crippen LogP contribution in [0.25, 0.3) is 0 Å². The molecule has 5 nitrogen and oxygen atoms in total. The van der Waals surface area contributed by atoms with Crippen LogP contribution in [0, 0.1) is 0 Å². The minimum absolute atomic E-state index is 0.616. The first-order valence-electron chi connectivity index (χ1n) is 5.96. The summed E-state index contributed by atoms with van der Waals surface area (Å²) >= 11 is 5.46. The SMILES string of the molecule is CN1CCC([NH][Pt]([Br])([Br])=[C]2NN(C)CN2C)CC1. The van der Waals surface area contributed by atoms with E-state index in [1.54, 1.807) is 0 Å². The molecule has 2 fully saturated rings. The van der Waals surface area contributed by atoms with Gasteiger partial charge in [-0.1, -0.05) is 0 Å². The summed E-state index contributed by atoms with van der Waals surface area (Å²) < 4.78 is 5.11. The predicted octanol–water partition coefficient (Wildman–Crippen LogP) is 0.786. The first-order chi connectivity index (χ1) is 8.38. The van der Waals surface area contributed by atoms with E-state index in [1.165, 1.54) is 30.1 Å². The fourth-order valence-corrected chi connectivity index (χ4v) is 13.7. The Bertz CT molecular complexity index is 350. The van der Waals surface area contributed by atoms with Crippen molar-refractivity contribution in [3.8, 4) is 0 Å². The summed E-state index contributed by atoms with van der Waals surface area (Å²) in [5.41, 5.74) is 3.43. The van der Waals surface area contributed by atoms with Gasteiger partial charge in [0.1, 0.15) is 0 Å². The van der Waals surface area contributed by atoms with Gasteiger partial charge in [0.2, 0.25) is 0 Å². The normalized spacial score (nSPS) is 27.1. The summed E-state index contributed by atoms with van der Waals surface area (Å²) in [7, 11) is 6.39. The third-order valence-electron chi connectivity index (χ3n) is 3.16. The Morgan fingerprint density at radius 1 is 1.22 bits per heavy atom. The molecule has 0 aromatic heterocycles. The third kappa shape index (κ3) is 3.92. The minimum atomic E-state index is -2.41. The van der Waals surface area contributed by atoms with E-state index < -0.39 is 11.7 Å². The van der Waals surface area contributed by atoms with Crippen LogP contribution in [0.5, 0.6) is 0 Å². The molecule has 0 unspecified atom stereocenters. The number of hydrazine groups is 1. The topological polar surface area (TPSA) is 33.8 Å². The quantitative estimate of drug-likeness (QED) is 0.517. The average molecular weight is 567 g/mol. The number of halogens is 2. The van der Waals surface area contributed by atoms with E-state index in [2.05, 4.69) is 71.8 Å². The average Bonchev–Trinajstić information content (AvgIpc) is 2.62. The molecule has 2 saturated heterocycles. The molecule has 0 aliphatic carbocycles. The van der Waals surface area contributed by atoms with Gasteiger partial charge in [-0.05, 0) is 0 Å². The van der Waals surface area contributed by atoms with Gasteiger partial charge in [-0.3, -0.25) is 0 Å². The summed E-state index contributed by atoms with van der Waals surface area (Å²) in [5, 5.41) is 2.10. The number of hydrogen-bond donors (Lipinski definition) is 2. The monoisotopic (exact) mass is 565 g/mol. The van der Waals surface area contributed by atoms with Crippen molar-refractivity contribution in [3.05, 3.63) is 0 Å². The molecule has 0 spiro atoms. The number of rotatable bonds is 2. The number of nitrogens with one attached hydrogen (secondary N) is 2. The van der Waals surface area contributed by atoms with Crippen molar-refractivity contribution in [2.45, 2.75) is 18.9 Å². The molecular formula is C10H22Br2N5Pt. The van der Waals surface area contributed by atoms with E-state index >= 15 is 0 Å². The van der Waals surface area contributed by atoms with Gasteiger partial charge in [-0.15, -0.1) is 0 Å². The second kappa shape index (κ2) is 6.39. The van der Waals surface area contributed by atoms with Crippen molar-refractivity contribution in [2.24, 2.45) is 0 Å². The number of likely N-dealkylation sites (tertiary alicyclic amines) is 1. The Morgan fingerprint density at radius 3 is 2.33 bits per heavy atom. The van der Waals surface area contributed by atoms with Gasteiger partial charge < -0.3 is 0 Å². The van der Waals surface area contributed by atoms with Gasteiger partial charge >= 0.3 is 126 Å². The van der Waals surface area contributed by atoms with Crippen molar-refractivity contribution in [3.63, 3.8) is 0 Å². The van der Waals surface area contributed by atoms with Crippen LogP contribution in [0.1, 0.15) is 12.8 Å². The van der Waals surface area contributed by atoms with Gasteiger partial charge in [0, 0.05) is 0 Å². The first-order valence-corrected chi connectivity index (χ1v) is 18.2. The van der Waals surface area contributed by atoms with Crippen LogP contribution in [0.4, 0.5) is 0 Å². The van der Waals surface area contributed by atoms with Crippen LogP contribution >= 0.6 is 26.6 Å². The molecule has 2 heterocycles. The van der Waals surface area contributed by atoms with Gasteiger partial charge in [-0.2, -0.15) is 0 Å². The first kappa shape index (κ1) is 15.7. The molecule has 2 N–H and O–H groups in total. The van der Waals surface area contributed by atoms with Gasteiger partial charge in [0.15, 0.2) is 0 Å². The van der Waals surface area contributed by atoms with E-state index in [0.29, 0.717) is 6.04 Å². The summed E-state index contributed by atoms with van der Waals surface area (Å²) in [4.78, 5) is 4.66. The molecule has 2 aliphatic rings. The van der Waals surface area contributed by atoms with E-state index in [4.69, 9.17) is 0 Å². The number of hydrogen-bond acceptors (Lipinski definition) is 5. The van der Waals surface area contributed by atoms with Crippen molar-refractivity contribution in [1.82, 2.24) is 24.1 Å². The Labute approximate surface area is 125 Å². The Hall–Kier alpha value is 1.32. The fourth-order valence-electron chi connectivity index (χ4n) is 2.14. The van der Waals surface area contributed by atoms with Crippen LogP contribution in [0.2, 0.25) is 0 Å². The summed E-state index contributed by atoms with van der Waals surface area (Å²) in [6.07, 6.45) is 2.46. The summed E-state index contributed by atoms with van der Waals surface area (Å²) in [5.74, 6) is 0. The third-order valence-corrected chi connectivity index (χ3v) is 13.6. The van der Waals surface area contributed by atoms with Crippen LogP contribution < -0.4 is 9.30 Å². The zero-order valence-corrected chi connectivity index (χ0v) is 16.5. The summed E-state index contributed by atoms with van der Waals surface area (Å²) in [6, 6.07) is 0.616. The molecule has 0 bridgehead atoms. The van der Waals surface area contributed by atoms with Crippen molar-refractivity contribution in [2.75, 3.05) is 40.9 Å². The van der Waals surface area contributed by atoms with Crippen molar-refractivity contribution in [1.29, 1.82) is 0 Å². The molecule has 0 saturated carbocycles. The Balaban J connectivity index is 2.04. The number of piperidine rings is 1. The van der Waals surface area contributed by atoms with Gasteiger partial charge in [0.05, 0.1) is 0 Å². The van der Waals surface area contributed by atoms with Crippen LogP contribution in [-0.4, -0.2) is 65.9 Å². The van der Waals surface area contributed by atoms with E-state index in [-0.39, 0.29) is 0 Å². The molecule has 8 heteroatoms. The second-order valence-corrected chi connectivity index (χ2v) is 27.1. The molecule has 0 atom stereocenters. The number of nitrogens with zero attached hydrogens (tertiary/aromatic N) is 3. The van der Waals surface area contributed by atoms with E-state index in [1.807, 2.05) is 0 Å². The van der Waals surface area contributed by atoms with E-state index in [9.17, 15) is 0 Å². The van der Waals surface area contributed by atoms with Crippen LogP contribution in [-0.2, 0) is 11.7 Å². The molecular weight excluding hydrogens is 545 g/mol. The molecule has 18 heavy (non-hydrogen) atoms. The summed E-state index contributed by atoms with van der Waals surface area (Å²) in [6.45, 7) is 3.30.